The Bertz CT molecular complexity index is 1080. The molecule has 1 N–H and O–H groups in total. The van der Waals surface area contributed by atoms with Crippen molar-refractivity contribution in [2.24, 2.45) is 0 Å². The molecule has 6 rings (SSSR count). The largest absolute Gasteiger partial charge is 0.392 e. The van der Waals surface area contributed by atoms with Gasteiger partial charge in [-0.1, -0.05) is 121 Å². The van der Waals surface area contributed by atoms with Gasteiger partial charge in [-0.05, 0) is 75.6 Å². The average molecular weight is 527 g/mol. The van der Waals surface area contributed by atoms with Gasteiger partial charge >= 0.3 is 0 Å². The van der Waals surface area contributed by atoms with Crippen LogP contribution in [-0.2, 0) is 0 Å². The summed E-state index contributed by atoms with van der Waals surface area (Å²) in [4.78, 5) is 0. The van der Waals surface area contributed by atoms with Gasteiger partial charge in [-0.15, -0.1) is 0 Å². The summed E-state index contributed by atoms with van der Waals surface area (Å²) in [5.41, 5.74) is 2.42. The van der Waals surface area contributed by atoms with E-state index in [0.29, 0.717) is 0 Å². The van der Waals surface area contributed by atoms with Gasteiger partial charge < -0.3 is 5.11 Å². The molecule has 4 aromatic rings. The fraction of sp³-hybridized carbons (Fsp3) is 0.0286. The molecule has 0 unspecified atom stereocenters. The predicted octanol–water partition coefficient (Wildman–Crippen LogP) is 6.08. The van der Waals surface area contributed by atoms with Crippen molar-refractivity contribution in [2.45, 2.75) is 6.10 Å². The molecule has 10 radical (unpaired) electrons. The Morgan fingerprint density at radius 3 is 0.974 bits per heavy atom. The number of rotatable bonds is 8. The van der Waals surface area contributed by atoms with Crippen molar-refractivity contribution in [3.63, 3.8) is 0 Å². The molecular weight excluding hydrogens is 498 g/mol. The second-order valence-corrected chi connectivity index (χ2v) is 13.5. The highest BCUT2D eigenvalue weighted by molar-refractivity contribution is 7.76. The van der Waals surface area contributed by atoms with E-state index >= 15 is 0 Å². The predicted molar refractivity (Wildman–Crippen MR) is 163 cm³/mol. The molecule has 4 aromatic carbocycles. The van der Waals surface area contributed by atoms with Crippen LogP contribution in [0, 0.1) is 61.7 Å². The highest BCUT2D eigenvalue weighted by atomic mass is 31.1. The highest BCUT2D eigenvalue weighted by Crippen LogP contribution is 2.62. The number of aliphatic hydroxyl groups is 1. The molecule has 2 fully saturated rings. The van der Waals surface area contributed by atoms with Crippen molar-refractivity contribution >= 4 is 37.1 Å². The molecule has 2 aliphatic carbocycles. The summed E-state index contributed by atoms with van der Waals surface area (Å²) < 4.78 is 0. The maximum atomic E-state index is 12.0. The standard InChI is InChI=1S/C35H28OP2/c36-35(31-23-13-25-33(31)37(27-15-5-1-6-16-27)28-17-7-2-8-18-28)32-24-14-26-34(32)38(29-19-9-3-10-20-29)30-21-11-4-12-22-30/h1-26,35-36H. The molecule has 3 heteroatoms. The van der Waals surface area contributed by atoms with Gasteiger partial charge in [0.1, 0.15) is 0 Å². The summed E-state index contributed by atoms with van der Waals surface area (Å²) >= 11 is 0. The van der Waals surface area contributed by atoms with Crippen LogP contribution in [0.4, 0.5) is 0 Å². The first-order chi connectivity index (χ1) is 18.8. The van der Waals surface area contributed by atoms with Crippen LogP contribution in [0.15, 0.2) is 121 Å². The SMILES string of the molecule is OC([C]1[CH][CH][CH][C]1P(c1ccccc1)c1ccccc1)[C]1[CH][CH][CH][C]1P(c1ccccc1)c1ccccc1. The summed E-state index contributed by atoms with van der Waals surface area (Å²) in [7, 11) is -1.61. The fourth-order valence-electron chi connectivity index (χ4n) is 5.05. The third kappa shape index (κ3) is 5.40. The van der Waals surface area contributed by atoms with E-state index in [4.69, 9.17) is 0 Å². The smallest absolute Gasteiger partial charge is 0.0690 e. The van der Waals surface area contributed by atoms with Crippen molar-refractivity contribution < 1.29 is 5.11 Å². The van der Waals surface area contributed by atoms with Gasteiger partial charge in [0, 0.05) is 23.2 Å². The minimum atomic E-state index is -0.805. The first kappa shape index (κ1) is 26.0. The van der Waals surface area contributed by atoms with Gasteiger partial charge in [-0.3, -0.25) is 0 Å². The van der Waals surface area contributed by atoms with Crippen LogP contribution in [0.1, 0.15) is 0 Å². The van der Waals surface area contributed by atoms with E-state index in [1.807, 2.05) is 0 Å². The van der Waals surface area contributed by atoms with E-state index in [9.17, 15) is 5.11 Å². The fourth-order valence-corrected chi connectivity index (χ4v) is 10.0. The van der Waals surface area contributed by atoms with E-state index in [0.717, 1.165) is 11.8 Å². The third-order valence-corrected chi connectivity index (χ3v) is 11.8. The maximum Gasteiger partial charge on any atom is 0.0690 e. The topological polar surface area (TPSA) is 20.2 Å². The summed E-state index contributed by atoms with van der Waals surface area (Å²) in [5.74, 6) is 1.99. The third-order valence-electron chi connectivity index (χ3n) is 6.78. The van der Waals surface area contributed by atoms with Crippen LogP contribution < -0.4 is 21.2 Å². The molecule has 0 spiro atoms. The molecule has 2 saturated carbocycles. The van der Waals surface area contributed by atoms with Crippen molar-refractivity contribution in [3.8, 4) is 0 Å². The number of benzene rings is 4. The molecule has 0 aliphatic heterocycles. The minimum absolute atomic E-state index is 0.708. The van der Waals surface area contributed by atoms with E-state index in [-0.39, 0.29) is 0 Å². The summed E-state index contributed by atoms with van der Waals surface area (Å²) in [6.07, 6.45) is 12.1. The van der Waals surface area contributed by atoms with Crippen LogP contribution in [0.25, 0.3) is 0 Å². The Kier molecular flexibility index (Phi) is 8.37. The lowest BCUT2D eigenvalue weighted by atomic mass is 9.88. The maximum absolute atomic E-state index is 12.0. The Morgan fingerprint density at radius 2 is 0.684 bits per heavy atom. The van der Waals surface area contributed by atoms with Crippen molar-refractivity contribution in [2.75, 3.05) is 0 Å². The monoisotopic (exact) mass is 526 g/mol. The zero-order valence-electron chi connectivity index (χ0n) is 20.9. The zero-order chi connectivity index (χ0) is 25.7. The van der Waals surface area contributed by atoms with Gasteiger partial charge in [-0.2, -0.15) is 0 Å². The van der Waals surface area contributed by atoms with E-state index in [1.165, 1.54) is 32.5 Å². The zero-order valence-corrected chi connectivity index (χ0v) is 22.7. The molecule has 0 amide bonds. The molecule has 2 aliphatic rings. The Labute approximate surface area is 230 Å². The van der Waals surface area contributed by atoms with Crippen LogP contribution in [0.3, 0.4) is 0 Å². The van der Waals surface area contributed by atoms with Gasteiger partial charge in [-0.25, -0.2) is 0 Å². The number of hydrogen-bond acceptors (Lipinski definition) is 1. The lowest BCUT2D eigenvalue weighted by Gasteiger charge is -2.37. The molecule has 0 bridgehead atoms. The van der Waals surface area contributed by atoms with Gasteiger partial charge in [0.2, 0.25) is 0 Å². The van der Waals surface area contributed by atoms with E-state index in [2.05, 4.69) is 160 Å². The first-order valence-electron chi connectivity index (χ1n) is 12.8. The molecule has 0 heterocycles. The second-order valence-electron chi connectivity index (χ2n) is 9.15. The summed E-state index contributed by atoms with van der Waals surface area (Å²) in [6.45, 7) is 0. The van der Waals surface area contributed by atoms with Crippen molar-refractivity contribution in [1.82, 2.24) is 0 Å². The summed E-state index contributed by atoms with van der Waals surface area (Å²) in [5, 5.41) is 17.2. The van der Waals surface area contributed by atoms with Crippen LogP contribution in [0.2, 0.25) is 0 Å². The molecule has 1 nitrogen and oxygen atoms in total. The second kappa shape index (κ2) is 12.3. The number of aliphatic hydroxyl groups excluding tert-OH is 1. The Hall–Kier alpha value is -2.30. The lowest BCUT2D eigenvalue weighted by molar-refractivity contribution is 0.215. The average Bonchev–Trinajstić information content (AvgIpc) is 3.66. The van der Waals surface area contributed by atoms with Gasteiger partial charge in [0.25, 0.3) is 0 Å². The normalized spacial score (nSPS) is 17.8. The molecule has 0 aromatic heterocycles. The molecule has 0 saturated heterocycles. The van der Waals surface area contributed by atoms with E-state index in [1.54, 1.807) is 0 Å². The highest BCUT2D eigenvalue weighted by Gasteiger charge is 2.48. The van der Waals surface area contributed by atoms with E-state index < -0.39 is 21.9 Å². The summed E-state index contributed by atoms with van der Waals surface area (Å²) in [6, 6.07) is 42.8. The molecule has 0 atom stereocenters. The quantitative estimate of drug-likeness (QED) is 0.276. The molecular formula is C35H28OP2. The van der Waals surface area contributed by atoms with Crippen molar-refractivity contribution in [3.05, 3.63) is 183 Å². The Balaban J connectivity index is 1.33. The van der Waals surface area contributed by atoms with Gasteiger partial charge in [0.15, 0.2) is 0 Å². The number of hydrogen-bond donors (Lipinski definition) is 1. The first-order valence-corrected chi connectivity index (χ1v) is 15.5. The Morgan fingerprint density at radius 1 is 0.395 bits per heavy atom. The van der Waals surface area contributed by atoms with Gasteiger partial charge in [0.05, 0.1) is 6.10 Å². The molecule has 184 valence electrons. The van der Waals surface area contributed by atoms with Crippen LogP contribution in [0.5, 0.6) is 0 Å². The van der Waals surface area contributed by atoms with Crippen molar-refractivity contribution in [1.29, 1.82) is 0 Å². The minimum Gasteiger partial charge on any atom is -0.392 e. The van der Waals surface area contributed by atoms with Crippen LogP contribution in [-0.4, -0.2) is 11.2 Å². The van der Waals surface area contributed by atoms with Crippen LogP contribution >= 0.6 is 15.8 Å². The molecule has 38 heavy (non-hydrogen) atoms. The lowest BCUT2D eigenvalue weighted by Crippen LogP contribution is -2.33.